The molecule has 1 aliphatic carbocycles. The summed E-state index contributed by atoms with van der Waals surface area (Å²) in [6, 6.07) is 5.85. The van der Waals surface area contributed by atoms with Crippen LogP contribution in [0, 0.1) is 0 Å². The summed E-state index contributed by atoms with van der Waals surface area (Å²) >= 11 is 0. The second-order valence-corrected chi connectivity index (χ2v) is 7.59. The fourth-order valence-electron chi connectivity index (χ4n) is 4.21. The van der Waals surface area contributed by atoms with Gasteiger partial charge in [0, 0.05) is 36.0 Å². The molecule has 5 nitrogen and oxygen atoms in total. The third kappa shape index (κ3) is 2.17. The van der Waals surface area contributed by atoms with Crippen molar-refractivity contribution >= 4 is 11.9 Å². The highest BCUT2D eigenvalue weighted by molar-refractivity contribution is 5.99. The summed E-state index contributed by atoms with van der Waals surface area (Å²) in [4.78, 5) is 25.6. The van der Waals surface area contributed by atoms with Crippen LogP contribution in [-0.2, 0) is 19.4 Å². The van der Waals surface area contributed by atoms with Gasteiger partial charge in [0.25, 0.3) is 5.91 Å². The number of anilines is 1. The van der Waals surface area contributed by atoms with E-state index >= 15 is 0 Å². The predicted octanol–water partition coefficient (Wildman–Crippen LogP) is 2.76. The smallest absolute Gasteiger partial charge is 0.254 e. The van der Waals surface area contributed by atoms with E-state index in [1.165, 1.54) is 5.56 Å². The maximum atomic E-state index is 13.6. The van der Waals surface area contributed by atoms with Crippen LogP contribution in [0.2, 0.25) is 0 Å². The van der Waals surface area contributed by atoms with Gasteiger partial charge in [-0.05, 0) is 37.8 Å². The van der Waals surface area contributed by atoms with Crippen molar-refractivity contribution in [3.8, 4) is 11.3 Å². The third-order valence-corrected chi connectivity index (χ3v) is 5.93. The van der Waals surface area contributed by atoms with Crippen molar-refractivity contribution in [3.63, 3.8) is 0 Å². The third-order valence-electron chi connectivity index (χ3n) is 5.93. The summed E-state index contributed by atoms with van der Waals surface area (Å²) in [6.45, 7) is 2.88. The van der Waals surface area contributed by atoms with Crippen molar-refractivity contribution in [2.75, 3.05) is 18.5 Å². The van der Waals surface area contributed by atoms with E-state index in [2.05, 4.69) is 0 Å². The zero-order valence-corrected chi connectivity index (χ0v) is 15.0. The Morgan fingerprint density at radius 1 is 1.23 bits per heavy atom. The van der Waals surface area contributed by atoms with Gasteiger partial charge in [-0.3, -0.25) is 4.79 Å². The summed E-state index contributed by atoms with van der Waals surface area (Å²) in [5.74, 6) is 0.676. The molecule has 0 radical (unpaired) electrons. The highest BCUT2D eigenvalue weighted by Crippen LogP contribution is 2.36. The maximum Gasteiger partial charge on any atom is 0.254 e. The van der Waals surface area contributed by atoms with Crippen molar-refractivity contribution in [2.24, 2.45) is 0 Å². The number of aromatic nitrogens is 2. The predicted molar refractivity (Wildman–Crippen MR) is 97.0 cm³/mol. The Morgan fingerprint density at radius 3 is 2.85 bits per heavy atom. The van der Waals surface area contributed by atoms with Crippen LogP contribution in [0.15, 0.2) is 18.2 Å². The van der Waals surface area contributed by atoms with Gasteiger partial charge in [0.05, 0.1) is 18.3 Å². The minimum Gasteiger partial charge on any atom is -0.337 e. The van der Waals surface area contributed by atoms with E-state index in [1.807, 2.05) is 37.1 Å². The van der Waals surface area contributed by atoms with Gasteiger partial charge in [-0.1, -0.05) is 12.1 Å². The molecule has 1 amide bonds. The van der Waals surface area contributed by atoms with Gasteiger partial charge in [0.1, 0.15) is 6.17 Å². The van der Waals surface area contributed by atoms with E-state index in [0.29, 0.717) is 19.0 Å². The SMILES string of the molecule is C[C@H]1[C@H](F)CN1c1nc2c(c(-c3ccc4c(c3)C(=O)N(C)C4)n1)CCC2. The first kappa shape index (κ1) is 15.7. The van der Waals surface area contributed by atoms with Crippen LogP contribution in [0.1, 0.15) is 40.5 Å². The van der Waals surface area contributed by atoms with Crippen molar-refractivity contribution in [3.05, 3.63) is 40.6 Å². The molecule has 2 atom stereocenters. The molecule has 1 saturated heterocycles. The number of fused-ring (bicyclic) bond motifs is 2. The molecular weight excluding hydrogens is 331 g/mol. The molecule has 0 unspecified atom stereocenters. The molecule has 3 heterocycles. The largest absolute Gasteiger partial charge is 0.337 e. The summed E-state index contributed by atoms with van der Waals surface area (Å²) in [5, 5.41) is 0. The van der Waals surface area contributed by atoms with E-state index < -0.39 is 6.17 Å². The Balaban J connectivity index is 1.61. The van der Waals surface area contributed by atoms with Crippen LogP contribution in [-0.4, -0.2) is 46.6 Å². The van der Waals surface area contributed by atoms with Crippen LogP contribution in [0.25, 0.3) is 11.3 Å². The van der Waals surface area contributed by atoms with Crippen LogP contribution in [0.5, 0.6) is 0 Å². The van der Waals surface area contributed by atoms with Crippen LogP contribution in [0.4, 0.5) is 10.3 Å². The Hall–Kier alpha value is -2.50. The maximum absolute atomic E-state index is 13.6. The van der Waals surface area contributed by atoms with Gasteiger partial charge in [-0.2, -0.15) is 0 Å². The summed E-state index contributed by atoms with van der Waals surface area (Å²) in [6.07, 6.45) is 2.14. The van der Waals surface area contributed by atoms with Crippen molar-refractivity contribution in [2.45, 2.75) is 44.9 Å². The lowest BCUT2D eigenvalue weighted by Gasteiger charge is -2.42. The topological polar surface area (TPSA) is 49.3 Å². The zero-order valence-electron chi connectivity index (χ0n) is 15.0. The fraction of sp³-hybridized carbons (Fsp3) is 0.450. The summed E-state index contributed by atoms with van der Waals surface area (Å²) in [7, 11) is 1.82. The minimum absolute atomic E-state index is 0.0596. The molecule has 3 aliphatic rings. The van der Waals surface area contributed by atoms with Crippen molar-refractivity contribution < 1.29 is 9.18 Å². The number of halogens is 1. The van der Waals surface area contributed by atoms with Crippen molar-refractivity contribution in [1.82, 2.24) is 14.9 Å². The molecule has 2 aliphatic heterocycles. The molecule has 0 bridgehead atoms. The van der Waals surface area contributed by atoms with Crippen LogP contribution < -0.4 is 4.90 Å². The number of amides is 1. The molecule has 0 spiro atoms. The van der Waals surface area contributed by atoms with Gasteiger partial charge in [0.2, 0.25) is 5.95 Å². The van der Waals surface area contributed by atoms with E-state index in [4.69, 9.17) is 9.97 Å². The zero-order chi connectivity index (χ0) is 18.0. The van der Waals surface area contributed by atoms with E-state index in [0.717, 1.165) is 47.3 Å². The lowest BCUT2D eigenvalue weighted by Crippen LogP contribution is -2.57. The molecule has 5 rings (SSSR count). The number of carbonyl (C=O) groups excluding carboxylic acids is 1. The van der Waals surface area contributed by atoms with Gasteiger partial charge >= 0.3 is 0 Å². The lowest BCUT2D eigenvalue weighted by atomic mass is 10.00. The molecule has 6 heteroatoms. The lowest BCUT2D eigenvalue weighted by molar-refractivity contribution is 0.0816. The van der Waals surface area contributed by atoms with E-state index in [-0.39, 0.29) is 11.9 Å². The first-order valence-electron chi connectivity index (χ1n) is 9.22. The Labute approximate surface area is 151 Å². The van der Waals surface area contributed by atoms with Gasteiger partial charge in [-0.25, -0.2) is 14.4 Å². The molecule has 0 N–H and O–H groups in total. The molecular formula is C20H21FN4O. The monoisotopic (exact) mass is 352 g/mol. The van der Waals surface area contributed by atoms with Crippen LogP contribution in [0.3, 0.4) is 0 Å². The summed E-state index contributed by atoms with van der Waals surface area (Å²) < 4.78 is 13.6. The number of carbonyl (C=O) groups is 1. The number of hydrogen-bond donors (Lipinski definition) is 0. The van der Waals surface area contributed by atoms with E-state index in [1.54, 1.807) is 4.90 Å². The van der Waals surface area contributed by atoms with E-state index in [9.17, 15) is 9.18 Å². The highest BCUT2D eigenvalue weighted by atomic mass is 19.1. The normalized spacial score (nSPS) is 23.9. The number of rotatable bonds is 2. The Morgan fingerprint density at radius 2 is 2.08 bits per heavy atom. The number of alkyl halides is 1. The highest BCUT2D eigenvalue weighted by Gasteiger charge is 2.38. The van der Waals surface area contributed by atoms with Crippen molar-refractivity contribution in [1.29, 1.82) is 0 Å². The standard InChI is InChI=1S/C20H21FN4O/c1-11-16(21)10-25(11)20-22-17-5-3-4-14(17)18(23-20)12-6-7-13-9-24(2)19(26)15(13)8-12/h6-8,11,16H,3-5,9-10H2,1-2H3/t11-,16+/m0/s1. The molecule has 1 aromatic heterocycles. The summed E-state index contributed by atoms with van der Waals surface area (Å²) in [5.41, 5.74) is 5.93. The van der Waals surface area contributed by atoms with Gasteiger partial charge < -0.3 is 9.80 Å². The fourth-order valence-corrected chi connectivity index (χ4v) is 4.21. The number of aryl methyl sites for hydroxylation is 1. The van der Waals surface area contributed by atoms with Gasteiger partial charge in [-0.15, -0.1) is 0 Å². The second kappa shape index (κ2) is 5.50. The van der Waals surface area contributed by atoms with Gasteiger partial charge in [0.15, 0.2) is 0 Å². The molecule has 1 fully saturated rings. The number of hydrogen-bond acceptors (Lipinski definition) is 4. The molecule has 1 aromatic carbocycles. The quantitative estimate of drug-likeness (QED) is 0.834. The van der Waals surface area contributed by atoms with Crippen LogP contribution >= 0.6 is 0 Å². The molecule has 2 aromatic rings. The molecule has 134 valence electrons. The molecule has 0 saturated carbocycles. The number of benzene rings is 1. The average molecular weight is 352 g/mol. The molecule has 26 heavy (non-hydrogen) atoms. The first-order chi connectivity index (χ1) is 12.5. The first-order valence-corrected chi connectivity index (χ1v) is 9.22. The average Bonchev–Trinajstić information content (AvgIpc) is 3.23. The minimum atomic E-state index is -0.816. The number of nitrogens with zero attached hydrogens (tertiary/aromatic N) is 4. The Bertz CT molecular complexity index is 928. The second-order valence-electron chi connectivity index (χ2n) is 7.59. The Kier molecular flexibility index (Phi) is 3.33.